The van der Waals surface area contributed by atoms with Gasteiger partial charge in [0.25, 0.3) is 10.0 Å². The number of carbonyl (C=O) groups excluding carboxylic acids is 1. The van der Waals surface area contributed by atoms with Gasteiger partial charge in [-0.05, 0) is 49.1 Å². The Labute approximate surface area is 140 Å². The summed E-state index contributed by atoms with van der Waals surface area (Å²) in [5.41, 5.74) is 0.955. The number of aryl methyl sites for hydroxylation is 1. The van der Waals surface area contributed by atoms with E-state index < -0.39 is 15.9 Å². The molecule has 0 bridgehead atoms. The number of ether oxygens (including phenoxy) is 1. The Kier molecular flexibility index (Phi) is 4.31. The molecule has 8 heteroatoms. The lowest BCUT2D eigenvalue weighted by Crippen LogP contribution is -2.32. The van der Waals surface area contributed by atoms with Crippen LogP contribution < -0.4 is 9.46 Å². The molecule has 1 fully saturated rings. The van der Waals surface area contributed by atoms with Crippen LogP contribution in [0.5, 0.6) is 5.75 Å². The fourth-order valence-corrected chi connectivity index (χ4v) is 3.66. The van der Waals surface area contributed by atoms with Crippen LogP contribution in [-0.2, 0) is 21.9 Å². The van der Waals surface area contributed by atoms with Crippen molar-refractivity contribution in [3.8, 4) is 5.75 Å². The van der Waals surface area contributed by atoms with Crippen LogP contribution in [-0.4, -0.2) is 30.7 Å². The van der Waals surface area contributed by atoms with Gasteiger partial charge >= 0.3 is 0 Å². The highest BCUT2D eigenvalue weighted by Gasteiger charge is 2.45. The molecule has 1 aliphatic rings. The standard InChI is InChI=1S/C16H19N3O4S/c1-3-23-12-4-6-13(7-5-12)24(21,22)18-16(20)15-8-14(15)11-9-17-19(2)10-11/h4-7,9-10,14-15H,3,8H2,1-2H3,(H,18,20)/t14-,15-/m1/s1. The molecule has 0 saturated heterocycles. The predicted octanol–water partition coefficient (Wildman–Crippen LogP) is 1.43. The van der Waals surface area contributed by atoms with Gasteiger partial charge < -0.3 is 4.74 Å². The van der Waals surface area contributed by atoms with Gasteiger partial charge in [0.05, 0.1) is 17.7 Å². The third kappa shape index (κ3) is 3.43. The van der Waals surface area contributed by atoms with E-state index in [9.17, 15) is 13.2 Å². The number of nitrogens with one attached hydrogen (secondary N) is 1. The van der Waals surface area contributed by atoms with Crippen LogP contribution in [0.15, 0.2) is 41.6 Å². The zero-order valence-corrected chi connectivity index (χ0v) is 14.3. The van der Waals surface area contributed by atoms with Crippen molar-refractivity contribution < 1.29 is 17.9 Å². The minimum Gasteiger partial charge on any atom is -0.494 e. The molecule has 1 N–H and O–H groups in total. The molecule has 1 saturated carbocycles. The van der Waals surface area contributed by atoms with Crippen LogP contribution in [0.2, 0.25) is 0 Å². The van der Waals surface area contributed by atoms with Gasteiger partial charge in [-0.1, -0.05) is 0 Å². The summed E-state index contributed by atoms with van der Waals surface area (Å²) in [4.78, 5) is 12.3. The second-order valence-electron chi connectivity index (χ2n) is 5.77. The van der Waals surface area contributed by atoms with Crippen molar-refractivity contribution in [3.63, 3.8) is 0 Å². The number of aromatic nitrogens is 2. The fourth-order valence-electron chi connectivity index (χ4n) is 2.63. The molecule has 0 unspecified atom stereocenters. The van der Waals surface area contributed by atoms with Crippen molar-refractivity contribution in [2.24, 2.45) is 13.0 Å². The molecule has 128 valence electrons. The van der Waals surface area contributed by atoms with E-state index in [0.29, 0.717) is 18.8 Å². The van der Waals surface area contributed by atoms with Gasteiger partial charge in [-0.15, -0.1) is 0 Å². The summed E-state index contributed by atoms with van der Waals surface area (Å²) in [7, 11) is -2.07. The summed E-state index contributed by atoms with van der Waals surface area (Å²) in [5, 5.41) is 4.07. The van der Waals surface area contributed by atoms with Crippen molar-refractivity contribution in [2.75, 3.05) is 6.61 Å². The molecule has 1 heterocycles. The largest absolute Gasteiger partial charge is 0.494 e. The molecule has 0 radical (unpaired) electrons. The first-order chi connectivity index (χ1) is 11.4. The first kappa shape index (κ1) is 16.5. The molecule has 1 amide bonds. The first-order valence-electron chi connectivity index (χ1n) is 7.69. The van der Waals surface area contributed by atoms with Crippen LogP contribution in [0.4, 0.5) is 0 Å². The van der Waals surface area contributed by atoms with E-state index in [0.717, 1.165) is 5.56 Å². The smallest absolute Gasteiger partial charge is 0.264 e. The van der Waals surface area contributed by atoms with E-state index in [1.54, 1.807) is 30.1 Å². The van der Waals surface area contributed by atoms with Crippen LogP contribution in [0, 0.1) is 5.92 Å². The normalized spacial score (nSPS) is 19.8. The molecule has 24 heavy (non-hydrogen) atoms. The molecule has 1 aromatic heterocycles. The zero-order valence-electron chi connectivity index (χ0n) is 13.5. The molecular weight excluding hydrogens is 330 g/mol. The van der Waals surface area contributed by atoms with Gasteiger partial charge in [0.2, 0.25) is 5.91 Å². The minimum atomic E-state index is -3.87. The Morgan fingerprint density at radius 1 is 1.38 bits per heavy atom. The summed E-state index contributed by atoms with van der Waals surface area (Å²) < 4.78 is 33.7. The van der Waals surface area contributed by atoms with Gasteiger partial charge in [-0.2, -0.15) is 5.10 Å². The molecular formula is C16H19N3O4S. The maximum atomic E-state index is 12.3. The SMILES string of the molecule is CCOc1ccc(S(=O)(=O)NC(=O)[C@@H]2C[C@@H]2c2cnn(C)c2)cc1. The fraction of sp³-hybridized carbons (Fsp3) is 0.375. The average Bonchev–Trinajstić information content (AvgIpc) is 3.23. The Morgan fingerprint density at radius 3 is 2.67 bits per heavy atom. The Hall–Kier alpha value is -2.35. The summed E-state index contributed by atoms with van der Waals surface area (Å²) in [6.45, 7) is 2.35. The van der Waals surface area contributed by atoms with Crippen molar-refractivity contribution >= 4 is 15.9 Å². The van der Waals surface area contributed by atoms with Crippen molar-refractivity contribution in [3.05, 3.63) is 42.2 Å². The Bertz CT molecular complexity index is 842. The molecule has 0 aliphatic heterocycles. The molecule has 1 aliphatic carbocycles. The summed E-state index contributed by atoms with van der Waals surface area (Å²) >= 11 is 0. The van der Waals surface area contributed by atoms with E-state index in [1.165, 1.54) is 12.1 Å². The van der Waals surface area contributed by atoms with Crippen LogP contribution in [0.3, 0.4) is 0 Å². The number of amides is 1. The number of carbonyl (C=O) groups is 1. The summed E-state index contributed by atoms with van der Waals surface area (Å²) in [6.07, 6.45) is 4.19. The van der Waals surface area contributed by atoms with Gasteiger partial charge in [0.1, 0.15) is 5.75 Å². The highest BCUT2D eigenvalue weighted by molar-refractivity contribution is 7.90. The van der Waals surface area contributed by atoms with Gasteiger partial charge in [0.15, 0.2) is 0 Å². The zero-order chi connectivity index (χ0) is 17.3. The van der Waals surface area contributed by atoms with Crippen molar-refractivity contribution in [1.29, 1.82) is 0 Å². The molecule has 2 aromatic rings. The van der Waals surface area contributed by atoms with Gasteiger partial charge in [-0.25, -0.2) is 13.1 Å². The number of benzene rings is 1. The maximum Gasteiger partial charge on any atom is 0.264 e. The van der Waals surface area contributed by atoms with E-state index >= 15 is 0 Å². The third-order valence-electron chi connectivity index (χ3n) is 3.96. The summed E-state index contributed by atoms with van der Waals surface area (Å²) in [5.74, 6) is -0.180. The number of nitrogens with zero attached hydrogens (tertiary/aromatic N) is 2. The third-order valence-corrected chi connectivity index (χ3v) is 5.32. The molecule has 0 spiro atoms. The van der Waals surface area contributed by atoms with Crippen LogP contribution in [0.1, 0.15) is 24.8 Å². The quantitative estimate of drug-likeness (QED) is 0.852. The number of hydrogen-bond donors (Lipinski definition) is 1. The molecule has 3 rings (SSSR count). The first-order valence-corrected chi connectivity index (χ1v) is 9.17. The minimum absolute atomic E-state index is 0.0363. The highest BCUT2D eigenvalue weighted by atomic mass is 32.2. The number of sulfonamides is 1. The lowest BCUT2D eigenvalue weighted by molar-refractivity contribution is -0.120. The lowest BCUT2D eigenvalue weighted by Gasteiger charge is -2.08. The second kappa shape index (κ2) is 6.27. The van der Waals surface area contributed by atoms with Crippen LogP contribution >= 0.6 is 0 Å². The lowest BCUT2D eigenvalue weighted by atomic mass is 10.2. The number of hydrogen-bond acceptors (Lipinski definition) is 5. The second-order valence-corrected chi connectivity index (χ2v) is 7.45. The van der Waals surface area contributed by atoms with E-state index in [-0.39, 0.29) is 16.7 Å². The van der Waals surface area contributed by atoms with Crippen LogP contribution in [0.25, 0.3) is 0 Å². The Balaban J connectivity index is 1.65. The van der Waals surface area contributed by atoms with E-state index in [2.05, 4.69) is 9.82 Å². The summed E-state index contributed by atoms with van der Waals surface area (Å²) in [6, 6.07) is 5.98. The number of rotatable bonds is 6. The van der Waals surface area contributed by atoms with E-state index in [4.69, 9.17) is 4.74 Å². The maximum absolute atomic E-state index is 12.3. The van der Waals surface area contributed by atoms with Gasteiger partial charge in [-0.3, -0.25) is 9.48 Å². The molecule has 2 atom stereocenters. The molecule has 7 nitrogen and oxygen atoms in total. The Morgan fingerprint density at radius 2 is 2.08 bits per heavy atom. The van der Waals surface area contributed by atoms with Crippen molar-refractivity contribution in [1.82, 2.24) is 14.5 Å². The topological polar surface area (TPSA) is 90.3 Å². The monoisotopic (exact) mass is 349 g/mol. The van der Waals surface area contributed by atoms with E-state index in [1.807, 2.05) is 13.1 Å². The average molecular weight is 349 g/mol. The molecule has 1 aromatic carbocycles. The van der Waals surface area contributed by atoms with Gasteiger partial charge in [0, 0.05) is 19.2 Å². The van der Waals surface area contributed by atoms with Crippen molar-refractivity contribution in [2.45, 2.75) is 24.2 Å². The predicted molar refractivity (Wildman–Crippen MR) is 87.0 cm³/mol. The highest BCUT2D eigenvalue weighted by Crippen LogP contribution is 2.47.